The molecule has 1 aliphatic heterocycles. The summed E-state index contributed by atoms with van der Waals surface area (Å²) in [6.07, 6.45) is 4.05. The van der Waals surface area contributed by atoms with Crippen LogP contribution in [0.5, 0.6) is 0 Å². The Morgan fingerprint density at radius 3 is 2.63 bits per heavy atom. The van der Waals surface area contributed by atoms with Crippen LogP contribution in [0.25, 0.3) is 0 Å². The lowest BCUT2D eigenvalue weighted by Gasteiger charge is -2.31. The summed E-state index contributed by atoms with van der Waals surface area (Å²) in [5.41, 5.74) is 3.43. The number of hydrogen-bond acceptors (Lipinski definition) is 6. The summed E-state index contributed by atoms with van der Waals surface area (Å²) < 4.78 is 10.3. The average Bonchev–Trinajstić information content (AvgIpc) is 2.65. The zero-order valence-corrected chi connectivity index (χ0v) is 16.1. The third-order valence-corrected chi connectivity index (χ3v) is 4.39. The SMILES string of the molecule is COC(=O)c1cncc2c1CCN(c1cccc(C(=O)OC(C)(C)C)c1)C2. The van der Waals surface area contributed by atoms with Crippen LogP contribution in [-0.2, 0) is 22.4 Å². The molecule has 0 saturated heterocycles. The standard InChI is InChI=1S/C21H24N2O4/c1-21(2,3)27-19(24)14-6-5-7-16(10-14)23-9-8-17-15(13-23)11-22-12-18(17)20(25)26-4/h5-7,10-12H,8-9,13H2,1-4H3. The molecule has 0 unspecified atom stereocenters. The zero-order valence-electron chi connectivity index (χ0n) is 16.1. The van der Waals surface area contributed by atoms with Crippen LogP contribution in [0.1, 0.15) is 52.6 Å². The van der Waals surface area contributed by atoms with Crippen LogP contribution in [0.4, 0.5) is 5.69 Å². The fraction of sp³-hybridized carbons (Fsp3) is 0.381. The molecule has 3 rings (SSSR count). The first kappa shape index (κ1) is 18.9. The number of anilines is 1. The Hall–Kier alpha value is -2.89. The van der Waals surface area contributed by atoms with Crippen molar-refractivity contribution in [3.8, 4) is 0 Å². The lowest BCUT2D eigenvalue weighted by molar-refractivity contribution is 0.00693. The summed E-state index contributed by atoms with van der Waals surface area (Å²) in [4.78, 5) is 30.6. The van der Waals surface area contributed by atoms with E-state index in [1.807, 2.05) is 39.0 Å². The summed E-state index contributed by atoms with van der Waals surface area (Å²) >= 11 is 0. The Morgan fingerprint density at radius 1 is 1.15 bits per heavy atom. The van der Waals surface area contributed by atoms with Gasteiger partial charge in [0.1, 0.15) is 5.60 Å². The Morgan fingerprint density at radius 2 is 1.93 bits per heavy atom. The quantitative estimate of drug-likeness (QED) is 0.774. The number of rotatable bonds is 3. The molecule has 2 heterocycles. The second-order valence-electron chi connectivity index (χ2n) is 7.54. The molecule has 27 heavy (non-hydrogen) atoms. The van der Waals surface area contributed by atoms with Gasteiger partial charge in [-0.05, 0) is 56.5 Å². The minimum Gasteiger partial charge on any atom is -0.465 e. The van der Waals surface area contributed by atoms with Gasteiger partial charge in [0, 0.05) is 31.2 Å². The molecule has 0 atom stereocenters. The second-order valence-corrected chi connectivity index (χ2v) is 7.54. The molecule has 0 amide bonds. The topological polar surface area (TPSA) is 68.7 Å². The van der Waals surface area contributed by atoms with Gasteiger partial charge < -0.3 is 14.4 Å². The van der Waals surface area contributed by atoms with Crippen LogP contribution >= 0.6 is 0 Å². The molecule has 0 aliphatic carbocycles. The fourth-order valence-electron chi connectivity index (χ4n) is 3.17. The van der Waals surface area contributed by atoms with Crippen molar-refractivity contribution in [2.24, 2.45) is 0 Å². The summed E-state index contributed by atoms with van der Waals surface area (Å²) in [5.74, 6) is -0.698. The maximum atomic E-state index is 12.3. The lowest BCUT2D eigenvalue weighted by Crippen LogP contribution is -2.32. The smallest absolute Gasteiger partial charge is 0.339 e. The van der Waals surface area contributed by atoms with E-state index < -0.39 is 5.60 Å². The molecule has 1 aromatic carbocycles. The van der Waals surface area contributed by atoms with Gasteiger partial charge in [0.05, 0.1) is 18.2 Å². The van der Waals surface area contributed by atoms with E-state index in [-0.39, 0.29) is 11.9 Å². The predicted molar refractivity (Wildman–Crippen MR) is 102 cm³/mol. The normalized spacial score (nSPS) is 13.7. The van der Waals surface area contributed by atoms with Gasteiger partial charge in [0.15, 0.2) is 0 Å². The van der Waals surface area contributed by atoms with Crippen molar-refractivity contribution in [1.82, 2.24) is 4.98 Å². The van der Waals surface area contributed by atoms with Crippen molar-refractivity contribution in [3.63, 3.8) is 0 Å². The molecular formula is C21H24N2O4. The van der Waals surface area contributed by atoms with E-state index in [1.165, 1.54) is 7.11 Å². The first-order chi connectivity index (χ1) is 12.8. The molecule has 6 heteroatoms. The molecule has 1 aromatic heterocycles. The van der Waals surface area contributed by atoms with Crippen molar-refractivity contribution in [3.05, 3.63) is 58.9 Å². The molecule has 0 fully saturated rings. The minimum absolute atomic E-state index is 0.337. The Bertz CT molecular complexity index is 871. The summed E-state index contributed by atoms with van der Waals surface area (Å²) in [6.45, 7) is 6.90. The highest BCUT2D eigenvalue weighted by atomic mass is 16.6. The van der Waals surface area contributed by atoms with Crippen molar-refractivity contribution >= 4 is 17.6 Å². The van der Waals surface area contributed by atoms with Gasteiger partial charge in [-0.1, -0.05) is 6.07 Å². The van der Waals surface area contributed by atoms with Crippen LogP contribution in [0, 0.1) is 0 Å². The van der Waals surface area contributed by atoms with Gasteiger partial charge in [-0.2, -0.15) is 0 Å². The molecule has 0 radical (unpaired) electrons. The fourth-order valence-corrected chi connectivity index (χ4v) is 3.17. The van der Waals surface area contributed by atoms with Crippen LogP contribution in [0.2, 0.25) is 0 Å². The number of methoxy groups -OCH3 is 1. The number of nitrogens with zero attached hydrogens (tertiary/aromatic N) is 2. The van der Waals surface area contributed by atoms with E-state index in [2.05, 4.69) is 9.88 Å². The number of carbonyl (C=O) groups excluding carboxylic acids is 2. The van der Waals surface area contributed by atoms with E-state index in [9.17, 15) is 9.59 Å². The van der Waals surface area contributed by atoms with Gasteiger partial charge in [-0.3, -0.25) is 4.98 Å². The maximum absolute atomic E-state index is 12.3. The molecular weight excluding hydrogens is 344 g/mol. The van der Waals surface area contributed by atoms with Crippen LogP contribution < -0.4 is 4.90 Å². The van der Waals surface area contributed by atoms with Crippen molar-refractivity contribution in [2.45, 2.75) is 39.3 Å². The van der Waals surface area contributed by atoms with Gasteiger partial charge in [-0.25, -0.2) is 9.59 Å². The number of ether oxygens (including phenoxy) is 2. The number of hydrogen-bond donors (Lipinski definition) is 0. The number of aromatic nitrogens is 1. The number of fused-ring (bicyclic) bond motifs is 1. The van der Waals surface area contributed by atoms with Crippen LogP contribution in [0.15, 0.2) is 36.7 Å². The highest BCUT2D eigenvalue weighted by molar-refractivity contribution is 5.92. The van der Waals surface area contributed by atoms with Crippen LogP contribution in [-0.4, -0.2) is 36.2 Å². The first-order valence-corrected chi connectivity index (χ1v) is 8.91. The van der Waals surface area contributed by atoms with Crippen LogP contribution in [0.3, 0.4) is 0 Å². The van der Waals surface area contributed by atoms with Gasteiger partial charge in [-0.15, -0.1) is 0 Å². The third-order valence-electron chi connectivity index (χ3n) is 4.39. The van der Waals surface area contributed by atoms with Gasteiger partial charge in [0.25, 0.3) is 0 Å². The Labute approximate surface area is 159 Å². The molecule has 0 saturated carbocycles. The number of esters is 2. The average molecular weight is 368 g/mol. The number of benzene rings is 1. The van der Waals surface area contributed by atoms with Crippen molar-refractivity contribution in [1.29, 1.82) is 0 Å². The highest BCUT2D eigenvalue weighted by Crippen LogP contribution is 2.27. The highest BCUT2D eigenvalue weighted by Gasteiger charge is 2.24. The van der Waals surface area contributed by atoms with E-state index in [4.69, 9.17) is 9.47 Å². The second kappa shape index (κ2) is 7.39. The summed E-state index contributed by atoms with van der Waals surface area (Å²) in [5, 5.41) is 0. The summed E-state index contributed by atoms with van der Waals surface area (Å²) in [7, 11) is 1.37. The molecule has 0 spiro atoms. The van der Waals surface area contributed by atoms with E-state index in [1.54, 1.807) is 18.5 Å². The third kappa shape index (κ3) is 4.27. The Kier molecular flexibility index (Phi) is 5.17. The van der Waals surface area contributed by atoms with E-state index >= 15 is 0 Å². The molecule has 6 nitrogen and oxygen atoms in total. The van der Waals surface area contributed by atoms with Crippen molar-refractivity contribution in [2.75, 3.05) is 18.6 Å². The molecule has 0 bridgehead atoms. The van der Waals surface area contributed by atoms with E-state index in [0.29, 0.717) is 24.1 Å². The minimum atomic E-state index is -0.535. The monoisotopic (exact) mass is 368 g/mol. The number of carbonyl (C=O) groups is 2. The lowest BCUT2D eigenvalue weighted by atomic mass is 9.96. The summed E-state index contributed by atoms with van der Waals surface area (Å²) in [6, 6.07) is 7.42. The molecule has 2 aromatic rings. The molecule has 142 valence electrons. The molecule has 1 aliphatic rings. The zero-order chi connectivity index (χ0) is 19.6. The van der Waals surface area contributed by atoms with Gasteiger partial charge in [0.2, 0.25) is 0 Å². The maximum Gasteiger partial charge on any atom is 0.339 e. The molecule has 0 N–H and O–H groups in total. The van der Waals surface area contributed by atoms with E-state index in [0.717, 1.165) is 23.4 Å². The Balaban J connectivity index is 1.83. The number of pyridine rings is 1. The predicted octanol–water partition coefficient (Wildman–Crippen LogP) is 3.39. The van der Waals surface area contributed by atoms with Crippen molar-refractivity contribution < 1.29 is 19.1 Å². The van der Waals surface area contributed by atoms with Gasteiger partial charge >= 0.3 is 11.9 Å². The largest absolute Gasteiger partial charge is 0.465 e. The first-order valence-electron chi connectivity index (χ1n) is 8.91.